The lowest BCUT2D eigenvalue weighted by Gasteiger charge is -2.10. The number of rotatable bonds is 3. The molecule has 0 saturated carbocycles. The summed E-state index contributed by atoms with van der Waals surface area (Å²) in [5, 5.41) is 11.1. The van der Waals surface area contributed by atoms with Gasteiger partial charge in [0.15, 0.2) is 0 Å². The zero-order chi connectivity index (χ0) is 14.7. The fraction of sp³-hybridized carbons (Fsp3) is 0.333. The molecular formula is C12H13NO6. The molecule has 19 heavy (non-hydrogen) atoms. The van der Waals surface area contributed by atoms with E-state index in [1.807, 2.05) is 0 Å². The van der Waals surface area contributed by atoms with Crippen LogP contribution in [0.15, 0.2) is 6.07 Å². The second kappa shape index (κ2) is 5.47. The highest BCUT2D eigenvalue weighted by molar-refractivity contribution is 6.00. The van der Waals surface area contributed by atoms with Crippen molar-refractivity contribution >= 4 is 17.6 Å². The van der Waals surface area contributed by atoms with Gasteiger partial charge in [-0.25, -0.2) is 9.59 Å². The van der Waals surface area contributed by atoms with Crippen LogP contribution in [0.4, 0.5) is 5.69 Å². The molecule has 0 spiro atoms. The normalized spacial score (nSPS) is 9.89. The lowest BCUT2D eigenvalue weighted by molar-refractivity contribution is -0.385. The lowest BCUT2D eigenvalue weighted by Crippen LogP contribution is -2.13. The minimum absolute atomic E-state index is 0.0550. The van der Waals surface area contributed by atoms with E-state index in [9.17, 15) is 19.7 Å². The molecule has 0 heterocycles. The fourth-order valence-corrected chi connectivity index (χ4v) is 1.81. The van der Waals surface area contributed by atoms with Gasteiger partial charge in [0.05, 0.1) is 24.7 Å². The molecular weight excluding hydrogens is 254 g/mol. The van der Waals surface area contributed by atoms with Crippen LogP contribution in [0.1, 0.15) is 31.8 Å². The monoisotopic (exact) mass is 267 g/mol. The first-order chi connectivity index (χ1) is 8.84. The van der Waals surface area contributed by atoms with Crippen LogP contribution in [0, 0.1) is 24.0 Å². The van der Waals surface area contributed by atoms with Crippen LogP contribution < -0.4 is 0 Å². The van der Waals surface area contributed by atoms with E-state index in [1.54, 1.807) is 0 Å². The van der Waals surface area contributed by atoms with E-state index in [-0.39, 0.29) is 22.3 Å². The molecule has 0 amide bonds. The van der Waals surface area contributed by atoms with Gasteiger partial charge < -0.3 is 9.47 Å². The van der Waals surface area contributed by atoms with Crippen LogP contribution in [0.25, 0.3) is 0 Å². The number of methoxy groups -OCH3 is 2. The quantitative estimate of drug-likeness (QED) is 0.470. The molecule has 0 aliphatic heterocycles. The molecule has 1 aromatic carbocycles. The number of ether oxygens (including phenoxy) is 2. The summed E-state index contributed by atoms with van der Waals surface area (Å²) in [6.07, 6.45) is 0. The first-order valence-electron chi connectivity index (χ1n) is 5.30. The minimum Gasteiger partial charge on any atom is -0.465 e. The Kier molecular flexibility index (Phi) is 4.21. The van der Waals surface area contributed by atoms with E-state index < -0.39 is 22.5 Å². The molecule has 102 valence electrons. The average Bonchev–Trinajstić information content (AvgIpc) is 2.38. The molecule has 0 radical (unpaired) electrons. The SMILES string of the molecule is COC(=O)c1cc(C)c(C(=O)OC)c([N+](=O)[O-])c1C. The molecule has 0 N–H and O–H groups in total. The molecule has 7 nitrogen and oxygen atoms in total. The van der Waals surface area contributed by atoms with Gasteiger partial charge in [-0.3, -0.25) is 10.1 Å². The first-order valence-corrected chi connectivity index (χ1v) is 5.30. The van der Waals surface area contributed by atoms with Crippen LogP contribution in [0.3, 0.4) is 0 Å². The second-order valence-corrected chi connectivity index (χ2v) is 3.83. The van der Waals surface area contributed by atoms with Gasteiger partial charge in [-0.05, 0) is 25.5 Å². The van der Waals surface area contributed by atoms with Crippen LogP contribution in [0.2, 0.25) is 0 Å². The molecule has 0 aromatic heterocycles. The molecule has 0 atom stereocenters. The van der Waals surface area contributed by atoms with Gasteiger partial charge >= 0.3 is 11.9 Å². The largest absolute Gasteiger partial charge is 0.465 e. The number of benzene rings is 1. The highest BCUT2D eigenvalue weighted by Crippen LogP contribution is 2.30. The van der Waals surface area contributed by atoms with Crippen molar-refractivity contribution in [3.63, 3.8) is 0 Å². The number of esters is 2. The van der Waals surface area contributed by atoms with Gasteiger partial charge in [-0.15, -0.1) is 0 Å². The van der Waals surface area contributed by atoms with Crippen molar-refractivity contribution in [1.82, 2.24) is 0 Å². The molecule has 0 unspecified atom stereocenters. The van der Waals surface area contributed by atoms with Gasteiger partial charge in [0.25, 0.3) is 5.69 Å². The zero-order valence-electron chi connectivity index (χ0n) is 11.0. The highest BCUT2D eigenvalue weighted by Gasteiger charge is 2.30. The number of hydrogen-bond acceptors (Lipinski definition) is 6. The number of nitro groups is 1. The summed E-state index contributed by atoms with van der Waals surface area (Å²) in [6, 6.07) is 1.38. The molecule has 0 bridgehead atoms. The lowest BCUT2D eigenvalue weighted by atomic mass is 9.97. The van der Waals surface area contributed by atoms with Crippen molar-refractivity contribution in [3.05, 3.63) is 38.4 Å². The summed E-state index contributed by atoms with van der Waals surface area (Å²) in [4.78, 5) is 33.6. The van der Waals surface area contributed by atoms with Gasteiger partial charge in [0, 0.05) is 5.56 Å². The smallest absolute Gasteiger partial charge is 0.345 e. The predicted molar refractivity (Wildman–Crippen MR) is 65.2 cm³/mol. The summed E-state index contributed by atoms with van der Waals surface area (Å²) in [5.41, 5.74) is -0.184. The molecule has 0 aliphatic rings. The van der Waals surface area contributed by atoms with Gasteiger partial charge in [-0.1, -0.05) is 0 Å². The van der Waals surface area contributed by atoms with Crippen molar-refractivity contribution in [2.45, 2.75) is 13.8 Å². The number of carbonyl (C=O) groups excluding carboxylic acids is 2. The molecule has 0 aliphatic carbocycles. The van der Waals surface area contributed by atoms with Gasteiger partial charge in [0.2, 0.25) is 0 Å². The van der Waals surface area contributed by atoms with Crippen molar-refractivity contribution in [1.29, 1.82) is 0 Å². The van der Waals surface area contributed by atoms with E-state index in [0.29, 0.717) is 0 Å². The highest BCUT2D eigenvalue weighted by atomic mass is 16.6. The van der Waals surface area contributed by atoms with E-state index >= 15 is 0 Å². The maximum atomic E-state index is 11.6. The average molecular weight is 267 g/mol. The molecule has 1 aromatic rings. The number of nitrogens with zero attached hydrogens (tertiary/aromatic N) is 1. The Bertz CT molecular complexity index is 564. The number of nitro benzene ring substituents is 1. The fourth-order valence-electron chi connectivity index (χ4n) is 1.81. The van der Waals surface area contributed by atoms with Crippen LogP contribution in [-0.2, 0) is 9.47 Å². The van der Waals surface area contributed by atoms with E-state index in [2.05, 4.69) is 9.47 Å². The summed E-state index contributed by atoms with van der Waals surface area (Å²) in [6.45, 7) is 2.88. The van der Waals surface area contributed by atoms with E-state index in [0.717, 1.165) is 7.11 Å². The topological polar surface area (TPSA) is 95.7 Å². The number of aryl methyl sites for hydroxylation is 1. The molecule has 7 heteroatoms. The summed E-state index contributed by atoms with van der Waals surface area (Å²) < 4.78 is 9.09. The van der Waals surface area contributed by atoms with Gasteiger partial charge in [-0.2, -0.15) is 0 Å². The van der Waals surface area contributed by atoms with Gasteiger partial charge in [0.1, 0.15) is 5.56 Å². The molecule has 0 saturated heterocycles. The molecule has 1 rings (SSSR count). The third kappa shape index (κ3) is 2.54. The van der Waals surface area contributed by atoms with E-state index in [4.69, 9.17) is 0 Å². The molecule has 0 fully saturated rings. The Labute approximate surface area is 109 Å². The van der Waals surface area contributed by atoms with Crippen molar-refractivity contribution in [3.8, 4) is 0 Å². The van der Waals surface area contributed by atoms with Crippen LogP contribution in [0.5, 0.6) is 0 Å². The Hall–Kier alpha value is -2.44. The third-order valence-corrected chi connectivity index (χ3v) is 2.73. The predicted octanol–water partition coefficient (Wildman–Crippen LogP) is 1.78. The van der Waals surface area contributed by atoms with Crippen molar-refractivity contribution < 1.29 is 24.0 Å². The maximum Gasteiger partial charge on any atom is 0.345 e. The summed E-state index contributed by atoms with van der Waals surface area (Å²) in [7, 11) is 2.31. The number of hydrogen-bond donors (Lipinski definition) is 0. The minimum atomic E-state index is -0.816. The maximum absolute atomic E-state index is 11.6. The number of carbonyl (C=O) groups is 2. The Morgan fingerprint density at radius 2 is 1.68 bits per heavy atom. The van der Waals surface area contributed by atoms with Crippen LogP contribution in [-0.4, -0.2) is 31.1 Å². The second-order valence-electron chi connectivity index (χ2n) is 3.83. The van der Waals surface area contributed by atoms with E-state index in [1.165, 1.54) is 27.0 Å². The summed E-state index contributed by atoms with van der Waals surface area (Å²) >= 11 is 0. The Morgan fingerprint density at radius 3 is 2.11 bits per heavy atom. The standard InChI is InChI=1S/C12H13NO6/c1-6-5-8(11(14)18-3)7(2)10(13(16)17)9(6)12(15)19-4/h5H,1-4H3. The third-order valence-electron chi connectivity index (χ3n) is 2.73. The van der Waals surface area contributed by atoms with Crippen molar-refractivity contribution in [2.75, 3.05) is 14.2 Å². The first kappa shape index (κ1) is 14.6. The Balaban J connectivity index is 3.70. The summed E-state index contributed by atoms with van der Waals surface area (Å²) in [5.74, 6) is -1.51. The Morgan fingerprint density at radius 1 is 1.16 bits per heavy atom. The van der Waals surface area contributed by atoms with Crippen molar-refractivity contribution in [2.24, 2.45) is 0 Å². The van der Waals surface area contributed by atoms with Crippen LogP contribution >= 0.6 is 0 Å². The zero-order valence-corrected chi connectivity index (χ0v) is 11.0.